The Morgan fingerprint density at radius 2 is 2.00 bits per heavy atom. The fraction of sp³-hybridized carbons (Fsp3) is 0.429. The summed E-state index contributed by atoms with van der Waals surface area (Å²) in [4.78, 5) is 0. The van der Waals surface area contributed by atoms with E-state index in [-0.39, 0.29) is 0 Å². The molecule has 1 aromatic heterocycles. The molecule has 18 heavy (non-hydrogen) atoms. The van der Waals surface area contributed by atoms with E-state index >= 15 is 0 Å². The van der Waals surface area contributed by atoms with Gasteiger partial charge in [-0.1, -0.05) is 23.4 Å². The van der Waals surface area contributed by atoms with Gasteiger partial charge in [-0.2, -0.15) is 0 Å². The zero-order valence-corrected chi connectivity index (χ0v) is 11.4. The number of rotatable bonds is 3. The van der Waals surface area contributed by atoms with Crippen molar-refractivity contribution in [3.63, 3.8) is 0 Å². The molecule has 1 atom stereocenters. The fourth-order valence-corrected chi connectivity index (χ4v) is 2.05. The maximum Gasteiger partial charge on any atom is 0.0848 e. The van der Waals surface area contributed by atoms with E-state index in [1.165, 1.54) is 11.1 Å². The number of hydrogen-bond acceptors (Lipinski definition) is 3. The molecule has 4 heteroatoms. The monoisotopic (exact) mass is 244 g/mol. The van der Waals surface area contributed by atoms with Crippen molar-refractivity contribution in [3.8, 4) is 0 Å². The van der Waals surface area contributed by atoms with E-state index in [1.807, 2.05) is 20.2 Å². The van der Waals surface area contributed by atoms with Crippen LogP contribution in [0.3, 0.4) is 0 Å². The van der Waals surface area contributed by atoms with Crippen LogP contribution >= 0.6 is 0 Å². The highest BCUT2D eigenvalue weighted by atomic mass is 15.4. The molecule has 1 unspecified atom stereocenters. The summed E-state index contributed by atoms with van der Waals surface area (Å²) in [5, 5.41) is 8.04. The average molecular weight is 244 g/mol. The van der Waals surface area contributed by atoms with Crippen LogP contribution in [-0.2, 0) is 19.0 Å². The SMILES string of the molecule is Cc1ccc(C(C)(N)Cc2cn(C)nn2)cc1C. The standard InChI is InChI=1S/C14H20N4/c1-10-5-6-12(7-11(10)2)14(3,15)8-13-9-18(4)17-16-13/h5-7,9H,8,15H2,1-4H3. The second-order valence-corrected chi connectivity index (χ2v) is 5.28. The van der Waals surface area contributed by atoms with Gasteiger partial charge in [0.1, 0.15) is 0 Å². The quantitative estimate of drug-likeness (QED) is 0.896. The molecule has 0 spiro atoms. The molecule has 1 heterocycles. The van der Waals surface area contributed by atoms with Gasteiger partial charge in [0.05, 0.1) is 5.69 Å². The Kier molecular flexibility index (Phi) is 3.22. The molecule has 0 fully saturated rings. The van der Waals surface area contributed by atoms with Gasteiger partial charge >= 0.3 is 0 Å². The highest BCUT2D eigenvalue weighted by Gasteiger charge is 2.23. The van der Waals surface area contributed by atoms with Crippen molar-refractivity contribution in [1.82, 2.24) is 15.0 Å². The van der Waals surface area contributed by atoms with Gasteiger partial charge in [0.15, 0.2) is 0 Å². The molecule has 96 valence electrons. The normalized spacial score (nSPS) is 14.5. The van der Waals surface area contributed by atoms with Crippen LogP contribution in [0.1, 0.15) is 29.3 Å². The van der Waals surface area contributed by atoms with Crippen LogP contribution in [-0.4, -0.2) is 15.0 Å². The van der Waals surface area contributed by atoms with Gasteiger partial charge < -0.3 is 5.73 Å². The Morgan fingerprint density at radius 3 is 2.56 bits per heavy atom. The smallest absolute Gasteiger partial charge is 0.0848 e. The van der Waals surface area contributed by atoms with Crippen molar-refractivity contribution in [3.05, 3.63) is 46.8 Å². The van der Waals surface area contributed by atoms with Crippen LogP contribution in [0.5, 0.6) is 0 Å². The molecule has 0 aliphatic carbocycles. The summed E-state index contributed by atoms with van der Waals surface area (Å²) < 4.78 is 1.70. The summed E-state index contributed by atoms with van der Waals surface area (Å²) in [7, 11) is 1.86. The number of aromatic nitrogens is 3. The third-order valence-corrected chi connectivity index (χ3v) is 3.36. The second-order valence-electron chi connectivity index (χ2n) is 5.28. The Bertz CT molecular complexity index is 555. The lowest BCUT2D eigenvalue weighted by Crippen LogP contribution is -2.35. The van der Waals surface area contributed by atoms with Crippen LogP contribution < -0.4 is 5.73 Å². The summed E-state index contributed by atoms with van der Waals surface area (Å²) in [6.07, 6.45) is 2.59. The Hall–Kier alpha value is -1.68. The van der Waals surface area contributed by atoms with Gasteiger partial charge in [-0.25, -0.2) is 0 Å². The molecule has 0 radical (unpaired) electrons. The summed E-state index contributed by atoms with van der Waals surface area (Å²) in [5.41, 5.74) is 10.6. The van der Waals surface area contributed by atoms with E-state index in [1.54, 1.807) is 4.68 Å². The Morgan fingerprint density at radius 1 is 1.28 bits per heavy atom. The van der Waals surface area contributed by atoms with Crippen LogP contribution in [0.15, 0.2) is 24.4 Å². The number of benzene rings is 1. The molecule has 0 amide bonds. The predicted molar refractivity (Wildman–Crippen MR) is 72.2 cm³/mol. The van der Waals surface area contributed by atoms with Crippen molar-refractivity contribution in [2.45, 2.75) is 32.7 Å². The molecular weight excluding hydrogens is 224 g/mol. The van der Waals surface area contributed by atoms with E-state index < -0.39 is 5.54 Å². The molecule has 0 saturated heterocycles. The lowest BCUT2D eigenvalue weighted by Gasteiger charge is -2.25. The zero-order chi connectivity index (χ0) is 13.3. The highest BCUT2D eigenvalue weighted by Crippen LogP contribution is 2.23. The third-order valence-electron chi connectivity index (χ3n) is 3.36. The van der Waals surface area contributed by atoms with E-state index in [0.717, 1.165) is 11.3 Å². The second kappa shape index (κ2) is 4.53. The molecule has 2 N–H and O–H groups in total. The molecule has 0 aliphatic heterocycles. The fourth-order valence-electron chi connectivity index (χ4n) is 2.05. The molecule has 0 aliphatic rings. The largest absolute Gasteiger partial charge is 0.321 e. The van der Waals surface area contributed by atoms with E-state index in [9.17, 15) is 0 Å². The first-order valence-corrected chi connectivity index (χ1v) is 6.10. The highest BCUT2D eigenvalue weighted by molar-refractivity contribution is 5.34. The van der Waals surface area contributed by atoms with Gasteiger partial charge in [0.25, 0.3) is 0 Å². The molecule has 1 aromatic carbocycles. The van der Waals surface area contributed by atoms with Crippen molar-refractivity contribution in [2.24, 2.45) is 12.8 Å². The van der Waals surface area contributed by atoms with Crippen molar-refractivity contribution in [2.75, 3.05) is 0 Å². The van der Waals surface area contributed by atoms with Gasteiger partial charge in [0, 0.05) is 25.2 Å². The van der Waals surface area contributed by atoms with Crippen LogP contribution in [0, 0.1) is 13.8 Å². The summed E-state index contributed by atoms with van der Waals surface area (Å²) in [5.74, 6) is 0. The minimum Gasteiger partial charge on any atom is -0.321 e. The maximum absolute atomic E-state index is 6.42. The lowest BCUT2D eigenvalue weighted by molar-refractivity contribution is 0.484. The van der Waals surface area contributed by atoms with E-state index in [2.05, 4.69) is 42.4 Å². The van der Waals surface area contributed by atoms with Crippen LogP contribution in [0.25, 0.3) is 0 Å². The predicted octanol–water partition coefficient (Wildman–Crippen LogP) is 1.85. The van der Waals surface area contributed by atoms with E-state index in [4.69, 9.17) is 5.73 Å². The van der Waals surface area contributed by atoms with Gasteiger partial charge in [-0.3, -0.25) is 4.68 Å². The molecule has 2 aromatic rings. The molecule has 4 nitrogen and oxygen atoms in total. The Balaban J connectivity index is 2.26. The first-order valence-electron chi connectivity index (χ1n) is 6.10. The van der Waals surface area contributed by atoms with Gasteiger partial charge in [-0.15, -0.1) is 5.10 Å². The maximum atomic E-state index is 6.42. The molecule has 2 rings (SSSR count). The first kappa shape index (κ1) is 12.8. The number of aryl methyl sites for hydroxylation is 3. The molecular formula is C14H20N4. The zero-order valence-electron chi connectivity index (χ0n) is 11.4. The number of nitrogens with zero attached hydrogens (tertiary/aromatic N) is 3. The lowest BCUT2D eigenvalue weighted by atomic mass is 9.87. The van der Waals surface area contributed by atoms with Crippen LogP contribution in [0.2, 0.25) is 0 Å². The molecule has 0 saturated carbocycles. The van der Waals surface area contributed by atoms with E-state index in [0.29, 0.717) is 6.42 Å². The van der Waals surface area contributed by atoms with Crippen molar-refractivity contribution < 1.29 is 0 Å². The summed E-state index contributed by atoms with van der Waals surface area (Å²) in [6.45, 7) is 6.25. The minimum absolute atomic E-state index is 0.422. The summed E-state index contributed by atoms with van der Waals surface area (Å²) >= 11 is 0. The Labute approximate surface area is 108 Å². The van der Waals surface area contributed by atoms with Gasteiger partial charge in [-0.05, 0) is 37.5 Å². The summed E-state index contributed by atoms with van der Waals surface area (Å²) in [6, 6.07) is 6.37. The van der Waals surface area contributed by atoms with Crippen molar-refractivity contribution >= 4 is 0 Å². The minimum atomic E-state index is -0.422. The number of hydrogen-bond donors (Lipinski definition) is 1. The average Bonchev–Trinajstić information content (AvgIpc) is 2.67. The topological polar surface area (TPSA) is 56.7 Å². The van der Waals surface area contributed by atoms with Gasteiger partial charge in [0.2, 0.25) is 0 Å². The molecule has 0 bridgehead atoms. The first-order chi connectivity index (χ1) is 8.38. The van der Waals surface area contributed by atoms with Crippen LogP contribution in [0.4, 0.5) is 0 Å². The third kappa shape index (κ3) is 2.59. The number of nitrogens with two attached hydrogens (primary N) is 1. The van der Waals surface area contributed by atoms with Crippen molar-refractivity contribution in [1.29, 1.82) is 0 Å².